The SMILES string of the molecule is CCCNC(=O)C1(CO[C@]2(c3ccc(Cl)cc3)c3c(F)cc(C(=O)c4cnn(C)c4)cc3C(=O)N2Cc2ccc(Cl)cn2)CC1. The van der Waals surface area contributed by atoms with Gasteiger partial charge in [0.1, 0.15) is 5.82 Å². The summed E-state index contributed by atoms with van der Waals surface area (Å²) in [6, 6.07) is 12.4. The van der Waals surface area contributed by atoms with Crippen LogP contribution in [0.5, 0.6) is 0 Å². The molecular formula is C33H30Cl2FN5O4. The lowest BCUT2D eigenvalue weighted by molar-refractivity contribution is -0.144. The van der Waals surface area contributed by atoms with Crippen molar-refractivity contribution in [1.29, 1.82) is 0 Å². The zero-order chi connectivity index (χ0) is 31.9. The van der Waals surface area contributed by atoms with Gasteiger partial charge in [-0.2, -0.15) is 5.10 Å². The molecule has 6 rings (SSSR count). The highest BCUT2D eigenvalue weighted by Crippen LogP contribution is 2.52. The van der Waals surface area contributed by atoms with E-state index < -0.39 is 28.6 Å². The summed E-state index contributed by atoms with van der Waals surface area (Å²) in [6.07, 6.45) is 6.30. The first-order valence-electron chi connectivity index (χ1n) is 14.6. The summed E-state index contributed by atoms with van der Waals surface area (Å²) >= 11 is 12.3. The Labute approximate surface area is 269 Å². The summed E-state index contributed by atoms with van der Waals surface area (Å²) in [5, 5.41) is 7.83. The van der Waals surface area contributed by atoms with Gasteiger partial charge in [-0.05, 0) is 55.7 Å². The number of amides is 2. The number of pyridine rings is 1. The topological polar surface area (TPSA) is 106 Å². The number of hydrogen-bond acceptors (Lipinski definition) is 6. The Morgan fingerprint density at radius 3 is 2.40 bits per heavy atom. The smallest absolute Gasteiger partial charge is 0.257 e. The van der Waals surface area contributed by atoms with E-state index in [-0.39, 0.29) is 41.3 Å². The summed E-state index contributed by atoms with van der Waals surface area (Å²) in [4.78, 5) is 46.7. The number of aryl methyl sites for hydroxylation is 1. The highest BCUT2D eigenvalue weighted by Gasteiger charge is 2.58. The number of carbonyl (C=O) groups is 3. The van der Waals surface area contributed by atoms with E-state index >= 15 is 4.39 Å². The maximum Gasteiger partial charge on any atom is 0.257 e. The van der Waals surface area contributed by atoms with E-state index in [0.29, 0.717) is 40.7 Å². The predicted octanol–water partition coefficient (Wildman–Crippen LogP) is 5.67. The molecule has 1 saturated carbocycles. The number of aromatic nitrogens is 3. The van der Waals surface area contributed by atoms with Crippen LogP contribution >= 0.6 is 23.2 Å². The summed E-state index contributed by atoms with van der Waals surface area (Å²) in [5.41, 5.74) is -1.61. The minimum Gasteiger partial charge on any atom is -0.356 e. The molecule has 0 unspecified atom stereocenters. The molecule has 1 fully saturated rings. The molecule has 3 heterocycles. The van der Waals surface area contributed by atoms with Crippen LogP contribution in [-0.2, 0) is 28.8 Å². The van der Waals surface area contributed by atoms with Gasteiger partial charge in [0.25, 0.3) is 5.91 Å². The molecule has 4 aromatic rings. The average Bonchev–Trinajstić information content (AvgIpc) is 3.64. The summed E-state index contributed by atoms with van der Waals surface area (Å²) in [5.74, 6) is -2.02. The third kappa shape index (κ3) is 5.62. The van der Waals surface area contributed by atoms with Crippen LogP contribution in [0.1, 0.15) is 69.3 Å². The van der Waals surface area contributed by atoms with Gasteiger partial charge >= 0.3 is 0 Å². The van der Waals surface area contributed by atoms with Crippen LogP contribution in [0.2, 0.25) is 10.0 Å². The van der Waals surface area contributed by atoms with E-state index in [2.05, 4.69) is 15.4 Å². The fraction of sp³-hybridized carbons (Fsp3) is 0.303. The van der Waals surface area contributed by atoms with Gasteiger partial charge in [0.15, 0.2) is 11.5 Å². The van der Waals surface area contributed by atoms with Crippen molar-refractivity contribution in [2.24, 2.45) is 12.5 Å². The molecule has 12 heteroatoms. The van der Waals surface area contributed by atoms with E-state index in [1.54, 1.807) is 43.4 Å². The number of carbonyl (C=O) groups excluding carboxylic acids is 3. The fourth-order valence-corrected chi connectivity index (χ4v) is 5.93. The number of rotatable bonds is 11. The van der Waals surface area contributed by atoms with Gasteiger partial charge in [-0.3, -0.25) is 28.9 Å². The second-order valence-electron chi connectivity index (χ2n) is 11.4. The molecule has 0 radical (unpaired) electrons. The Kier molecular flexibility index (Phi) is 8.24. The van der Waals surface area contributed by atoms with Crippen molar-refractivity contribution in [2.45, 2.75) is 38.5 Å². The van der Waals surface area contributed by atoms with Crippen LogP contribution in [0.15, 0.2) is 67.1 Å². The van der Waals surface area contributed by atoms with E-state index in [4.69, 9.17) is 27.9 Å². The molecule has 2 aromatic heterocycles. The molecule has 2 aromatic carbocycles. The molecule has 1 aliphatic carbocycles. The molecule has 1 N–H and O–H groups in total. The normalized spacial score (nSPS) is 18.2. The number of ketones is 1. The van der Waals surface area contributed by atoms with Crippen LogP contribution in [0.25, 0.3) is 0 Å². The summed E-state index contributed by atoms with van der Waals surface area (Å²) in [7, 11) is 1.67. The molecular weight excluding hydrogens is 620 g/mol. The lowest BCUT2D eigenvalue weighted by atomic mass is 9.90. The second-order valence-corrected chi connectivity index (χ2v) is 12.3. The third-order valence-electron chi connectivity index (χ3n) is 8.29. The van der Waals surface area contributed by atoms with Crippen molar-refractivity contribution in [3.05, 3.63) is 116 Å². The molecule has 0 bridgehead atoms. The van der Waals surface area contributed by atoms with Crippen molar-refractivity contribution in [1.82, 2.24) is 25.0 Å². The molecule has 2 amide bonds. The largest absolute Gasteiger partial charge is 0.356 e. The average molecular weight is 651 g/mol. The van der Waals surface area contributed by atoms with Gasteiger partial charge < -0.3 is 10.1 Å². The Morgan fingerprint density at radius 1 is 1.04 bits per heavy atom. The number of halogens is 3. The first-order chi connectivity index (χ1) is 21.6. The van der Waals surface area contributed by atoms with Gasteiger partial charge in [-0.1, -0.05) is 42.3 Å². The Morgan fingerprint density at radius 2 is 1.78 bits per heavy atom. The zero-order valence-corrected chi connectivity index (χ0v) is 26.2. The Balaban J connectivity index is 1.52. The molecule has 0 spiro atoms. The number of benzene rings is 2. The van der Waals surface area contributed by atoms with E-state index in [0.717, 1.165) is 12.5 Å². The van der Waals surface area contributed by atoms with Crippen LogP contribution < -0.4 is 5.32 Å². The lowest BCUT2D eigenvalue weighted by Crippen LogP contribution is -2.49. The fourth-order valence-electron chi connectivity index (χ4n) is 5.69. The van der Waals surface area contributed by atoms with Crippen LogP contribution in [0.3, 0.4) is 0 Å². The van der Waals surface area contributed by atoms with Crippen molar-refractivity contribution in [3.63, 3.8) is 0 Å². The second kappa shape index (κ2) is 12.0. The van der Waals surface area contributed by atoms with Crippen LogP contribution in [0, 0.1) is 11.2 Å². The molecule has 45 heavy (non-hydrogen) atoms. The quantitative estimate of drug-likeness (QED) is 0.210. The maximum absolute atomic E-state index is 16.6. The van der Waals surface area contributed by atoms with Gasteiger partial charge in [0, 0.05) is 42.1 Å². The summed E-state index contributed by atoms with van der Waals surface area (Å²) in [6.45, 7) is 2.30. The molecule has 1 atom stereocenters. The first kappa shape index (κ1) is 30.9. The van der Waals surface area contributed by atoms with Crippen LogP contribution in [-0.4, -0.2) is 50.4 Å². The monoisotopic (exact) mass is 649 g/mol. The lowest BCUT2D eigenvalue weighted by Gasteiger charge is -2.40. The summed E-state index contributed by atoms with van der Waals surface area (Å²) < 4.78 is 24.8. The van der Waals surface area contributed by atoms with E-state index in [9.17, 15) is 14.4 Å². The Bertz CT molecular complexity index is 1790. The van der Waals surface area contributed by atoms with Crippen molar-refractivity contribution in [2.75, 3.05) is 13.2 Å². The number of fused-ring (bicyclic) bond motifs is 1. The van der Waals surface area contributed by atoms with E-state index in [1.807, 2.05) is 6.92 Å². The highest BCUT2D eigenvalue weighted by molar-refractivity contribution is 6.30. The minimum atomic E-state index is -1.82. The van der Waals surface area contributed by atoms with Gasteiger partial charge in [0.05, 0.1) is 52.2 Å². The van der Waals surface area contributed by atoms with Crippen LogP contribution in [0.4, 0.5) is 4.39 Å². The molecule has 0 saturated heterocycles. The van der Waals surface area contributed by atoms with Gasteiger partial charge in [-0.25, -0.2) is 4.39 Å². The van der Waals surface area contributed by atoms with Crippen molar-refractivity contribution < 1.29 is 23.5 Å². The molecule has 2 aliphatic rings. The minimum absolute atomic E-state index is 0.0123. The molecule has 1 aliphatic heterocycles. The molecule has 232 valence electrons. The highest BCUT2D eigenvalue weighted by atomic mass is 35.5. The van der Waals surface area contributed by atoms with Crippen molar-refractivity contribution in [3.8, 4) is 0 Å². The number of nitrogens with one attached hydrogen (secondary N) is 1. The number of ether oxygens (including phenoxy) is 1. The van der Waals surface area contributed by atoms with Gasteiger partial charge in [-0.15, -0.1) is 0 Å². The standard InChI is InChI=1S/C33H30Cl2FN5O4/c1-3-12-37-31(44)32(10-11-32)19-45-33(22-4-6-23(34)7-5-22)28-26(30(43)41(33)18-25-9-8-24(35)16-38-25)13-20(14-27(28)36)29(42)21-15-39-40(2)17-21/h4-9,13-17H,3,10-12,18-19H2,1-2H3,(H,37,44)/t33-/m1/s1. The number of hydrogen-bond donors (Lipinski definition) is 1. The molecule has 9 nitrogen and oxygen atoms in total. The first-order valence-corrected chi connectivity index (χ1v) is 15.3. The maximum atomic E-state index is 16.6. The third-order valence-corrected chi connectivity index (χ3v) is 8.76. The zero-order valence-electron chi connectivity index (χ0n) is 24.6. The Hall–Kier alpha value is -4.12. The van der Waals surface area contributed by atoms with Crippen molar-refractivity contribution >= 4 is 40.8 Å². The van der Waals surface area contributed by atoms with Gasteiger partial charge in [0.2, 0.25) is 5.91 Å². The van der Waals surface area contributed by atoms with E-state index in [1.165, 1.54) is 34.2 Å². The number of nitrogens with zero attached hydrogens (tertiary/aromatic N) is 4. The predicted molar refractivity (Wildman–Crippen MR) is 165 cm³/mol.